The monoisotopic (exact) mass is 228 g/mol. The van der Waals surface area contributed by atoms with E-state index in [2.05, 4.69) is 10.6 Å². The number of nitrogens with one attached hydrogen (secondary N) is 2. The Morgan fingerprint density at radius 1 is 1.53 bits per heavy atom. The van der Waals surface area contributed by atoms with Gasteiger partial charge in [0.1, 0.15) is 6.67 Å². The van der Waals surface area contributed by atoms with Gasteiger partial charge in [-0.1, -0.05) is 17.7 Å². The third kappa shape index (κ3) is 2.61. The molecular formula is C11H14ClFN2. The number of halogens is 2. The Morgan fingerprint density at radius 3 is 3.00 bits per heavy atom. The molecule has 15 heavy (non-hydrogen) atoms. The van der Waals surface area contributed by atoms with E-state index in [1.807, 2.05) is 6.07 Å². The molecule has 1 fully saturated rings. The van der Waals surface area contributed by atoms with E-state index in [1.165, 1.54) is 0 Å². The molecule has 0 amide bonds. The predicted molar refractivity (Wildman–Crippen MR) is 61.2 cm³/mol. The van der Waals surface area contributed by atoms with E-state index in [4.69, 9.17) is 11.6 Å². The first-order chi connectivity index (χ1) is 7.29. The second-order valence-electron chi connectivity index (χ2n) is 3.78. The molecule has 1 heterocycles. The maximum atomic E-state index is 12.4. The van der Waals surface area contributed by atoms with Crippen LogP contribution in [0.5, 0.6) is 0 Å². The SMILES string of the molecule is FCc1ccc(NC2CCNC2)c(Cl)c1. The molecule has 0 bridgehead atoms. The highest BCUT2D eigenvalue weighted by Crippen LogP contribution is 2.24. The Labute approximate surface area is 93.8 Å². The van der Waals surface area contributed by atoms with Gasteiger partial charge in [0, 0.05) is 12.6 Å². The van der Waals surface area contributed by atoms with Gasteiger partial charge in [-0.3, -0.25) is 0 Å². The quantitative estimate of drug-likeness (QED) is 0.831. The van der Waals surface area contributed by atoms with Crippen LogP contribution in [-0.2, 0) is 6.67 Å². The summed E-state index contributed by atoms with van der Waals surface area (Å²) in [6.45, 7) is 1.53. The second-order valence-corrected chi connectivity index (χ2v) is 4.19. The first-order valence-corrected chi connectivity index (χ1v) is 5.49. The number of anilines is 1. The minimum absolute atomic E-state index is 0.429. The molecule has 1 aliphatic heterocycles. The van der Waals surface area contributed by atoms with Crippen molar-refractivity contribution < 1.29 is 4.39 Å². The van der Waals surface area contributed by atoms with Crippen LogP contribution < -0.4 is 10.6 Å². The van der Waals surface area contributed by atoms with Crippen LogP contribution in [-0.4, -0.2) is 19.1 Å². The lowest BCUT2D eigenvalue weighted by molar-refractivity contribution is 0.485. The van der Waals surface area contributed by atoms with Crippen LogP contribution in [0.25, 0.3) is 0 Å². The molecule has 1 atom stereocenters. The van der Waals surface area contributed by atoms with Gasteiger partial charge in [-0.15, -0.1) is 0 Å². The summed E-state index contributed by atoms with van der Waals surface area (Å²) in [5.74, 6) is 0. The van der Waals surface area contributed by atoms with Crippen molar-refractivity contribution in [1.29, 1.82) is 0 Å². The molecule has 1 aromatic carbocycles. The van der Waals surface area contributed by atoms with Crippen LogP contribution >= 0.6 is 11.6 Å². The number of alkyl halides is 1. The fourth-order valence-corrected chi connectivity index (χ4v) is 2.01. The van der Waals surface area contributed by atoms with E-state index in [9.17, 15) is 4.39 Å². The van der Waals surface area contributed by atoms with E-state index in [1.54, 1.807) is 12.1 Å². The zero-order valence-electron chi connectivity index (χ0n) is 8.39. The van der Waals surface area contributed by atoms with Gasteiger partial charge >= 0.3 is 0 Å². The normalized spacial score (nSPS) is 20.5. The van der Waals surface area contributed by atoms with Crippen LogP contribution in [0.2, 0.25) is 5.02 Å². The van der Waals surface area contributed by atoms with Crippen molar-refractivity contribution in [3.8, 4) is 0 Å². The summed E-state index contributed by atoms with van der Waals surface area (Å²) in [5.41, 5.74) is 1.51. The van der Waals surface area contributed by atoms with Crippen molar-refractivity contribution >= 4 is 17.3 Å². The van der Waals surface area contributed by atoms with E-state index >= 15 is 0 Å². The van der Waals surface area contributed by atoms with E-state index in [0.29, 0.717) is 16.6 Å². The van der Waals surface area contributed by atoms with Crippen molar-refractivity contribution in [3.63, 3.8) is 0 Å². The summed E-state index contributed by atoms with van der Waals surface area (Å²) in [5, 5.41) is 7.21. The van der Waals surface area contributed by atoms with Gasteiger partial charge in [-0.05, 0) is 30.7 Å². The summed E-state index contributed by atoms with van der Waals surface area (Å²) in [6, 6.07) is 5.71. The first-order valence-electron chi connectivity index (χ1n) is 5.11. The largest absolute Gasteiger partial charge is 0.380 e. The van der Waals surface area contributed by atoms with Gasteiger partial charge in [0.05, 0.1) is 10.7 Å². The Balaban J connectivity index is 2.07. The van der Waals surface area contributed by atoms with E-state index in [0.717, 1.165) is 25.2 Å². The zero-order chi connectivity index (χ0) is 10.7. The van der Waals surface area contributed by atoms with Gasteiger partial charge in [0.15, 0.2) is 0 Å². The Hall–Kier alpha value is -0.800. The van der Waals surface area contributed by atoms with Crippen LogP contribution in [0.3, 0.4) is 0 Å². The fourth-order valence-electron chi connectivity index (χ4n) is 1.76. The number of benzene rings is 1. The number of hydrogen-bond acceptors (Lipinski definition) is 2. The van der Waals surface area contributed by atoms with Gasteiger partial charge in [0.2, 0.25) is 0 Å². The minimum atomic E-state index is -0.467. The van der Waals surface area contributed by atoms with Crippen molar-refractivity contribution in [2.45, 2.75) is 19.1 Å². The lowest BCUT2D eigenvalue weighted by atomic mass is 10.2. The van der Waals surface area contributed by atoms with Crippen LogP contribution in [0.15, 0.2) is 18.2 Å². The molecule has 0 aromatic heterocycles. The van der Waals surface area contributed by atoms with Gasteiger partial charge in [0.25, 0.3) is 0 Å². The van der Waals surface area contributed by atoms with E-state index in [-0.39, 0.29) is 0 Å². The topological polar surface area (TPSA) is 24.1 Å². The average Bonchev–Trinajstić information content (AvgIpc) is 2.74. The van der Waals surface area contributed by atoms with Gasteiger partial charge in [-0.25, -0.2) is 4.39 Å². The highest BCUT2D eigenvalue weighted by atomic mass is 35.5. The molecule has 2 N–H and O–H groups in total. The Morgan fingerprint density at radius 2 is 2.40 bits per heavy atom. The maximum Gasteiger partial charge on any atom is 0.115 e. The third-order valence-corrected chi connectivity index (χ3v) is 2.92. The smallest absolute Gasteiger partial charge is 0.115 e. The molecule has 0 aliphatic carbocycles. The molecule has 0 radical (unpaired) electrons. The highest BCUT2D eigenvalue weighted by molar-refractivity contribution is 6.33. The summed E-state index contributed by atoms with van der Waals surface area (Å²) < 4.78 is 12.4. The van der Waals surface area contributed by atoms with Crippen molar-refractivity contribution in [1.82, 2.24) is 5.32 Å². The molecule has 1 aromatic rings. The highest BCUT2D eigenvalue weighted by Gasteiger charge is 2.14. The standard InChI is InChI=1S/C11H14ClFN2/c12-10-5-8(6-13)1-2-11(10)15-9-3-4-14-7-9/h1-2,5,9,14-15H,3-4,6-7H2. The molecule has 82 valence electrons. The Bertz CT molecular complexity index is 337. The van der Waals surface area contributed by atoms with Crippen LogP contribution in [0.1, 0.15) is 12.0 Å². The van der Waals surface area contributed by atoms with Crippen molar-refractivity contribution in [2.24, 2.45) is 0 Å². The molecule has 2 nitrogen and oxygen atoms in total. The summed E-state index contributed by atoms with van der Waals surface area (Å²) >= 11 is 6.04. The molecule has 1 aliphatic rings. The average molecular weight is 229 g/mol. The second kappa shape index (κ2) is 4.81. The summed E-state index contributed by atoms with van der Waals surface area (Å²) in [7, 11) is 0. The zero-order valence-corrected chi connectivity index (χ0v) is 9.15. The molecule has 1 saturated heterocycles. The first kappa shape index (κ1) is 10.7. The number of hydrogen-bond donors (Lipinski definition) is 2. The van der Waals surface area contributed by atoms with Crippen LogP contribution in [0.4, 0.5) is 10.1 Å². The molecule has 2 rings (SSSR count). The van der Waals surface area contributed by atoms with Gasteiger partial charge < -0.3 is 10.6 Å². The Kier molecular flexibility index (Phi) is 3.44. The minimum Gasteiger partial charge on any atom is -0.380 e. The van der Waals surface area contributed by atoms with Crippen molar-refractivity contribution in [3.05, 3.63) is 28.8 Å². The third-order valence-electron chi connectivity index (χ3n) is 2.61. The fraction of sp³-hybridized carbons (Fsp3) is 0.455. The lowest BCUT2D eigenvalue weighted by Gasteiger charge is -2.14. The van der Waals surface area contributed by atoms with Gasteiger partial charge in [-0.2, -0.15) is 0 Å². The maximum absolute atomic E-state index is 12.4. The number of rotatable bonds is 3. The van der Waals surface area contributed by atoms with E-state index < -0.39 is 6.67 Å². The molecule has 4 heteroatoms. The summed E-state index contributed by atoms with van der Waals surface area (Å²) in [6.07, 6.45) is 1.10. The molecular weight excluding hydrogens is 215 g/mol. The predicted octanol–water partition coefficient (Wildman–Crippen LogP) is 2.58. The molecule has 0 saturated carbocycles. The molecule has 1 unspecified atom stereocenters. The summed E-state index contributed by atoms with van der Waals surface area (Å²) in [4.78, 5) is 0. The lowest BCUT2D eigenvalue weighted by Crippen LogP contribution is -2.22. The molecule has 0 spiro atoms. The van der Waals surface area contributed by atoms with Crippen LogP contribution in [0, 0.1) is 0 Å². The van der Waals surface area contributed by atoms with Crippen molar-refractivity contribution in [2.75, 3.05) is 18.4 Å².